The average molecular weight is 466 g/mol. The molecule has 0 saturated carbocycles. The first-order valence-corrected chi connectivity index (χ1v) is 13.5. The van der Waals surface area contributed by atoms with Crippen molar-refractivity contribution in [2.45, 2.75) is 68.4 Å². The molecule has 2 aromatic carbocycles. The Kier molecular flexibility index (Phi) is 11.4. The number of rotatable bonds is 13. The molecule has 25 heavy (non-hydrogen) atoms. The SMILES string of the molecule is CCCCCCCCCCC([Se]c1ccccc1)[Se]c1ccccc1. The fourth-order valence-electron chi connectivity index (χ4n) is 2.89. The second kappa shape index (κ2) is 13.7. The van der Waals surface area contributed by atoms with Gasteiger partial charge in [0.25, 0.3) is 0 Å². The molecule has 0 amide bonds. The second-order valence-electron chi connectivity index (χ2n) is 6.55. The Morgan fingerprint density at radius 3 is 1.52 bits per heavy atom. The van der Waals surface area contributed by atoms with E-state index in [4.69, 9.17) is 0 Å². The molecule has 2 rings (SSSR count). The van der Waals surface area contributed by atoms with Crippen molar-refractivity contribution < 1.29 is 0 Å². The summed E-state index contributed by atoms with van der Waals surface area (Å²) in [4.78, 5) is 0. The van der Waals surface area contributed by atoms with Crippen LogP contribution in [0.1, 0.15) is 64.7 Å². The Morgan fingerprint density at radius 1 is 0.600 bits per heavy atom. The van der Waals surface area contributed by atoms with Gasteiger partial charge in [0, 0.05) is 0 Å². The third-order valence-corrected chi connectivity index (χ3v) is 10.8. The number of unbranched alkanes of at least 4 members (excludes halogenated alkanes) is 7. The molecule has 136 valence electrons. The topological polar surface area (TPSA) is 0 Å². The molecule has 2 heteroatoms. The normalized spacial score (nSPS) is 11.1. The van der Waals surface area contributed by atoms with Gasteiger partial charge in [0.2, 0.25) is 0 Å². The van der Waals surface area contributed by atoms with Crippen LogP contribution >= 0.6 is 0 Å². The van der Waals surface area contributed by atoms with Gasteiger partial charge in [0.15, 0.2) is 0 Å². The third-order valence-electron chi connectivity index (χ3n) is 4.31. The van der Waals surface area contributed by atoms with E-state index >= 15 is 0 Å². The number of hydrogen-bond donors (Lipinski definition) is 0. The summed E-state index contributed by atoms with van der Waals surface area (Å²) in [6.07, 6.45) is 12.8. The molecular weight excluding hydrogens is 434 g/mol. The maximum absolute atomic E-state index is 2.32. The summed E-state index contributed by atoms with van der Waals surface area (Å²) in [5.41, 5.74) is 0. The third kappa shape index (κ3) is 9.66. The summed E-state index contributed by atoms with van der Waals surface area (Å²) in [5, 5.41) is 0. The molecule has 0 fully saturated rings. The monoisotopic (exact) mass is 468 g/mol. The summed E-state index contributed by atoms with van der Waals surface area (Å²) in [5.74, 6) is 0. The van der Waals surface area contributed by atoms with Crippen LogP contribution in [-0.4, -0.2) is 29.9 Å². The van der Waals surface area contributed by atoms with Crippen LogP contribution in [0.3, 0.4) is 0 Å². The first-order valence-electron chi connectivity index (χ1n) is 9.82. The van der Waals surface area contributed by atoms with E-state index in [0.29, 0.717) is 29.9 Å². The van der Waals surface area contributed by atoms with Crippen molar-refractivity contribution in [3.05, 3.63) is 60.7 Å². The van der Waals surface area contributed by atoms with Crippen LogP contribution in [0.5, 0.6) is 0 Å². The number of hydrogen-bond acceptors (Lipinski definition) is 0. The van der Waals surface area contributed by atoms with E-state index in [-0.39, 0.29) is 0 Å². The van der Waals surface area contributed by atoms with Crippen molar-refractivity contribution in [3.63, 3.8) is 0 Å². The van der Waals surface area contributed by atoms with Gasteiger partial charge in [0.05, 0.1) is 0 Å². The van der Waals surface area contributed by atoms with E-state index < -0.39 is 0 Å². The molecule has 0 aliphatic heterocycles. The van der Waals surface area contributed by atoms with Crippen LogP contribution in [0.25, 0.3) is 0 Å². The van der Waals surface area contributed by atoms with Gasteiger partial charge < -0.3 is 0 Å². The van der Waals surface area contributed by atoms with Gasteiger partial charge in [0.1, 0.15) is 0 Å². The van der Waals surface area contributed by atoms with Gasteiger partial charge in [-0.1, -0.05) is 0 Å². The summed E-state index contributed by atoms with van der Waals surface area (Å²) in [7, 11) is 0. The summed E-state index contributed by atoms with van der Waals surface area (Å²) in [6.45, 7) is 2.29. The predicted molar refractivity (Wildman–Crippen MR) is 115 cm³/mol. The Bertz CT molecular complexity index is 497. The summed E-state index contributed by atoms with van der Waals surface area (Å²) < 4.78 is 4.03. The standard InChI is InChI=1S/C23H32Se2/c1-2-3-4-5-6-7-8-15-20-23(24-21-16-11-9-12-17-21)25-22-18-13-10-14-19-22/h9-14,16-19,23H,2-8,15,20H2,1H3. The molecule has 0 N–H and O–H groups in total. The van der Waals surface area contributed by atoms with Crippen LogP contribution in [0.4, 0.5) is 0 Å². The predicted octanol–water partition coefficient (Wildman–Crippen LogP) is 5.32. The first kappa shape index (κ1) is 20.8. The fourth-order valence-corrected chi connectivity index (χ4v) is 9.72. The van der Waals surface area contributed by atoms with Gasteiger partial charge in [-0.2, -0.15) is 0 Å². The van der Waals surface area contributed by atoms with Gasteiger partial charge in [-0.15, -0.1) is 0 Å². The fraction of sp³-hybridized carbons (Fsp3) is 0.478. The van der Waals surface area contributed by atoms with Crippen molar-refractivity contribution in [1.29, 1.82) is 0 Å². The van der Waals surface area contributed by atoms with E-state index in [1.165, 1.54) is 57.8 Å². The summed E-state index contributed by atoms with van der Waals surface area (Å²) in [6, 6.07) is 22.3. The first-order chi connectivity index (χ1) is 12.4. The van der Waals surface area contributed by atoms with E-state index in [0.717, 1.165) is 3.71 Å². The van der Waals surface area contributed by atoms with E-state index in [1.807, 2.05) is 0 Å². The van der Waals surface area contributed by atoms with E-state index in [2.05, 4.69) is 67.6 Å². The molecule has 2 aromatic rings. The molecule has 0 atom stereocenters. The van der Waals surface area contributed by atoms with Gasteiger partial charge in [-0.3, -0.25) is 0 Å². The molecule has 0 radical (unpaired) electrons. The Hall–Kier alpha value is -0.521. The second-order valence-corrected chi connectivity index (χ2v) is 13.4. The van der Waals surface area contributed by atoms with Crippen molar-refractivity contribution in [1.82, 2.24) is 0 Å². The average Bonchev–Trinajstić information content (AvgIpc) is 2.65. The van der Waals surface area contributed by atoms with Gasteiger partial charge in [-0.05, 0) is 0 Å². The summed E-state index contributed by atoms with van der Waals surface area (Å²) >= 11 is 1.22. The van der Waals surface area contributed by atoms with Crippen LogP contribution in [0.2, 0.25) is 3.71 Å². The molecule has 0 aliphatic carbocycles. The molecule has 0 heterocycles. The molecule has 0 unspecified atom stereocenters. The zero-order chi connectivity index (χ0) is 17.6. The molecule has 0 aromatic heterocycles. The van der Waals surface area contributed by atoms with Gasteiger partial charge >= 0.3 is 168 Å². The molecule has 0 bridgehead atoms. The minimum absolute atomic E-state index is 0.609. The zero-order valence-corrected chi connectivity index (χ0v) is 19.0. The Morgan fingerprint density at radius 2 is 1.04 bits per heavy atom. The van der Waals surface area contributed by atoms with E-state index in [1.54, 1.807) is 8.92 Å². The Labute approximate surface area is 167 Å². The zero-order valence-electron chi connectivity index (χ0n) is 15.5. The maximum atomic E-state index is 2.32. The molecule has 0 spiro atoms. The molecule has 0 saturated heterocycles. The van der Waals surface area contributed by atoms with Crippen LogP contribution in [0, 0.1) is 0 Å². The van der Waals surface area contributed by atoms with E-state index in [9.17, 15) is 0 Å². The van der Waals surface area contributed by atoms with Crippen LogP contribution in [0.15, 0.2) is 60.7 Å². The Balaban J connectivity index is 1.74. The molecule has 0 nitrogen and oxygen atoms in total. The quantitative estimate of drug-likeness (QED) is 0.277. The van der Waals surface area contributed by atoms with Crippen LogP contribution < -0.4 is 8.92 Å². The minimum atomic E-state index is 0.609. The molecular formula is C23H32Se2. The van der Waals surface area contributed by atoms with Crippen molar-refractivity contribution >= 4 is 38.8 Å². The van der Waals surface area contributed by atoms with Crippen LogP contribution in [-0.2, 0) is 0 Å². The molecule has 0 aliphatic rings. The number of benzene rings is 2. The van der Waals surface area contributed by atoms with Crippen molar-refractivity contribution in [2.75, 3.05) is 0 Å². The van der Waals surface area contributed by atoms with Gasteiger partial charge in [-0.25, -0.2) is 0 Å². The van der Waals surface area contributed by atoms with Crippen molar-refractivity contribution in [2.24, 2.45) is 0 Å². The van der Waals surface area contributed by atoms with Crippen molar-refractivity contribution in [3.8, 4) is 0 Å².